The second kappa shape index (κ2) is 6.88. The maximum absolute atomic E-state index is 5.83. The second-order valence-corrected chi connectivity index (χ2v) is 5.93. The Morgan fingerprint density at radius 1 is 0.947 bits per heavy atom. The Morgan fingerprint density at radius 2 is 1.58 bits per heavy atom. The van der Waals surface area contributed by atoms with Crippen molar-refractivity contribution in [2.24, 2.45) is 0 Å². The summed E-state index contributed by atoms with van der Waals surface area (Å²) in [5, 5.41) is 0.0499. The molecular weight excluding hydrogens is 300 g/mol. The van der Waals surface area contributed by atoms with E-state index in [2.05, 4.69) is 60.1 Å². The van der Waals surface area contributed by atoms with Crippen molar-refractivity contribution in [2.45, 2.75) is 31.9 Å². The van der Waals surface area contributed by atoms with Crippen LogP contribution in [0.1, 0.15) is 22.3 Å². The number of halogens is 1. The van der Waals surface area contributed by atoms with Crippen LogP contribution >= 0.6 is 15.9 Å². The molecule has 2 heteroatoms. The summed E-state index contributed by atoms with van der Waals surface area (Å²) in [6, 6.07) is 16.9. The van der Waals surface area contributed by atoms with Gasteiger partial charge in [-0.2, -0.15) is 0 Å². The summed E-state index contributed by atoms with van der Waals surface area (Å²) >= 11 is 3.60. The van der Waals surface area contributed by atoms with Crippen LogP contribution in [0.4, 0.5) is 0 Å². The Morgan fingerprint density at radius 3 is 2.21 bits per heavy atom. The van der Waals surface area contributed by atoms with Crippen LogP contribution in [0.2, 0.25) is 0 Å². The molecule has 0 radical (unpaired) electrons. The fourth-order valence-electron chi connectivity index (χ4n) is 2.19. The lowest BCUT2D eigenvalue weighted by atomic mass is 10.1. The minimum atomic E-state index is 0.0499. The monoisotopic (exact) mass is 318 g/mol. The third-order valence-corrected chi connectivity index (χ3v) is 3.54. The standard InChI is InChI=1S/C17H19BrO/c1-13-8-14(2)10-16(9-13)11-17(18)19-12-15-6-4-3-5-7-15/h3-10,17H,11-12H2,1-2H3. The Labute approximate surface area is 123 Å². The lowest BCUT2D eigenvalue weighted by Crippen LogP contribution is -2.08. The topological polar surface area (TPSA) is 9.23 Å². The number of ether oxygens (including phenoxy) is 1. The van der Waals surface area contributed by atoms with E-state index >= 15 is 0 Å². The van der Waals surface area contributed by atoms with Gasteiger partial charge in [0.1, 0.15) is 5.01 Å². The molecule has 0 aliphatic rings. The highest BCUT2D eigenvalue weighted by Crippen LogP contribution is 2.16. The van der Waals surface area contributed by atoms with Crippen molar-refractivity contribution >= 4 is 15.9 Å². The summed E-state index contributed by atoms with van der Waals surface area (Å²) in [5.74, 6) is 0. The average Bonchev–Trinajstić information content (AvgIpc) is 2.36. The van der Waals surface area contributed by atoms with Crippen molar-refractivity contribution in [2.75, 3.05) is 0 Å². The zero-order chi connectivity index (χ0) is 13.7. The summed E-state index contributed by atoms with van der Waals surface area (Å²) in [5.41, 5.74) is 5.12. The number of hydrogen-bond acceptors (Lipinski definition) is 1. The highest BCUT2D eigenvalue weighted by molar-refractivity contribution is 9.09. The van der Waals surface area contributed by atoms with Gasteiger partial charge in [-0.15, -0.1) is 0 Å². The second-order valence-electron chi connectivity index (χ2n) is 4.91. The van der Waals surface area contributed by atoms with Gasteiger partial charge in [0, 0.05) is 6.42 Å². The number of hydrogen-bond donors (Lipinski definition) is 0. The van der Waals surface area contributed by atoms with E-state index in [9.17, 15) is 0 Å². The molecule has 1 nitrogen and oxygen atoms in total. The predicted molar refractivity (Wildman–Crippen MR) is 83.6 cm³/mol. The van der Waals surface area contributed by atoms with Gasteiger partial charge in [-0.1, -0.05) is 75.6 Å². The van der Waals surface area contributed by atoms with E-state index in [-0.39, 0.29) is 5.01 Å². The molecule has 0 saturated carbocycles. The van der Waals surface area contributed by atoms with E-state index in [4.69, 9.17) is 4.74 Å². The minimum Gasteiger partial charge on any atom is -0.362 e. The van der Waals surface area contributed by atoms with E-state index in [1.165, 1.54) is 22.3 Å². The highest BCUT2D eigenvalue weighted by atomic mass is 79.9. The maximum Gasteiger partial charge on any atom is 0.116 e. The number of alkyl halides is 1. The van der Waals surface area contributed by atoms with Gasteiger partial charge in [-0.05, 0) is 25.0 Å². The van der Waals surface area contributed by atoms with Gasteiger partial charge in [0.05, 0.1) is 6.61 Å². The van der Waals surface area contributed by atoms with Gasteiger partial charge in [0.2, 0.25) is 0 Å². The van der Waals surface area contributed by atoms with E-state index in [0.29, 0.717) is 6.61 Å². The average molecular weight is 319 g/mol. The van der Waals surface area contributed by atoms with Crippen molar-refractivity contribution in [3.63, 3.8) is 0 Å². The molecule has 0 aromatic heterocycles. The maximum atomic E-state index is 5.83. The summed E-state index contributed by atoms with van der Waals surface area (Å²) < 4.78 is 5.83. The lowest BCUT2D eigenvalue weighted by Gasteiger charge is -2.12. The molecule has 2 rings (SSSR count). The summed E-state index contributed by atoms with van der Waals surface area (Å²) in [4.78, 5) is 0. The first-order valence-corrected chi connectivity index (χ1v) is 7.42. The lowest BCUT2D eigenvalue weighted by molar-refractivity contribution is 0.104. The van der Waals surface area contributed by atoms with Crippen LogP contribution in [0.5, 0.6) is 0 Å². The third-order valence-electron chi connectivity index (χ3n) is 2.95. The largest absolute Gasteiger partial charge is 0.362 e. The zero-order valence-corrected chi connectivity index (χ0v) is 13.0. The van der Waals surface area contributed by atoms with Crippen molar-refractivity contribution in [1.82, 2.24) is 0 Å². The van der Waals surface area contributed by atoms with Gasteiger partial charge >= 0.3 is 0 Å². The fourth-order valence-corrected chi connectivity index (χ4v) is 2.70. The predicted octanol–water partition coefficient (Wildman–Crippen LogP) is 4.78. The molecule has 0 aliphatic heterocycles. The van der Waals surface area contributed by atoms with Crippen molar-refractivity contribution in [3.05, 3.63) is 70.8 Å². The Balaban J connectivity index is 1.89. The van der Waals surface area contributed by atoms with Crippen LogP contribution in [0, 0.1) is 13.8 Å². The van der Waals surface area contributed by atoms with Gasteiger partial charge in [-0.3, -0.25) is 0 Å². The van der Waals surface area contributed by atoms with Crippen LogP contribution in [0.15, 0.2) is 48.5 Å². The van der Waals surface area contributed by atoms with Gasteiger partial charge in [0.25, 0.3) is 0 Å². The van der Waals surface area contributed by atoms with Gasteiger partial charge in [0.15, 0.2) is 0 Å². The first-order chi connectivity index (χ1) is 9.13. The Bertz CT molecular complexity index is 502. The number of benzene rings is 2. The van der Waals surface area contributed by atoms with Crippen molar-refractivity contribution in [3.8, 4) is 0 Å². The van der Waals surface area contributed by atoms with Crippen LogP contribution in [0.25, 0.3) is 0 Å². The minimum absolute atomic E-state index is 0.0499. The van der Waals surface area contributed by atoms with Crippen LogP contribution in [-0.4, -0.2) is 5.01 Å². The molecule has 2 aromatic carbocycles. The zero-order valence-electron chi connectivity index (χ0n) is 11.4. The van der Waals surface area contributed by atoms with Crippen molar-refractivity contribution < 1.29 is 4.74 Å². The molecule has 0 amide bonds. The fraction of sp³-hybridized carbons (Fsp3) is 0.294. The van der Waals surface area contributed by atoms with Crippen LogP contribution in [0.3, 0.4) is 0 Å². The SMILES string of the molecule is Cc1cc(C)cc(CC(Br)OCc2ccccc2)c1. The highest BCUT2D eigenvalue weighted by Gasteiger charge is 2.07. The van der Waals surface area contributed by atoms with Gasteiger partial charge in [-0.25, -0.2) is 0 Å². The van der Waals surface area contributed by atoms with E-state index in [0.717, 1.165) is 6.42 Å². The summed E-state index contributed by atoms with van der Waals surface area (Å²) in [6.45, 7) is 4.90. The normalized spacial score (nSPS) is 12.4. The Kier molecular flexibility index (Phi) is 5.17. The summed E-state index contributed by atoms with van der Waals surface area (Å²) in [6.07, 6.45) is 0.884. The summed E-state index contributed by atoms with van der Waals surface area (Å²) in [7, 11) is 0. The quantitative estimate of drug-likeness (QED) is 0.721. The van der Waals surface area contributed by atoms with Crippen LogP contribution in [-0.2, 0) is 17.8 Å². The molecule has 0 aliphatic carbocycles. The van der Waals surface area contributed by atoms with E-state index in [1.54, 1.807) is 0 Å². The first-order valence-electron chi connectivity index (χ1n) is 6.50. The van der Waals surface area contributed by atoms with Crippen LogP contribution < -0.4 is 0 Å². The molecule has 0 bridgehead atoms. The number of rotatable bonds is 5. The molecule has 0 spiro atoms. The number of aryl methyl sites for hydroxylation is 2. The van der Waals surface area contributed by atoms with E-state index in [1.807, 2.05) is 18.2 Å². The molecule has 0 fully saturated rings. The molecular formula is C17H19BrO. The molecule has 0 N–H and O–H groups in total. The Hall–Kier alpha value is -1.12. The molecule has 19 heavy (non-hydrogen) atoms. The third kappa shape index (κ3) is 4.81. The van der Waals surface area contributed by atoms with Gasteiger partial charge < -0.3 is 4.74 Å². The molecule has 0 heterocycles. The molecule has 0 saturated heterocycles. The molecule has 1 atom stereocenters. The van der Waals surface area contributed by atoms with E-state index < -0.39 is 0 Å². The first kappa shape index (κ1) is 14.3. The molecule has 100 valence electrons. The molecule has 2 aromatic rings. The smallest absolute Gasteiger partial charge is 0.116 e. The molecule has 1 unspecified atom stereocenters. The van der Waals surface area contributed by atoms with Crippen molar-refractivity contribution in [1.29, 1.82) is 0 Å².